The minimum atomic E-state index is -0.989. The van der Waals surface area contributed by atoms with Crippen molar-refractivity contribution in [2.24, 2.45) is 5.92 Å². The van der Waals surface area contributed by atoms with E-state index in [1.54, 1.807) is 21.6 Å². The monoisotopic (exact) mass is 688 g/mol. The summed E-state index contributed by atoms with van der Waals surface area (Å²) in [5.41, 5.74) is 8.32. The minimum Gasteiger partial charge on any atom is -0.397 e. The molecule has 5 rings (SSSR count). The fraction of sp³-hybridized carbons (Fsp3) is 0.448. The highest BCUT2D eigenvalue weighted by Crippen LogP contribution is 2.31. The molecule has 4 N–H and O–H groups in total. The number of nitrogens with two attached hydrogens (primary N) is 1. The molecule has 2 amide bonds. The first kappa shape index (κ1) is 29.5. The number of likely N-dealkylation sites (tertiary alicyclic amines) is 2. The second-order valence-electron chi connectivity index (χ2n) is 11.0. The molecule has 2 aromatic carbocycles. The zero-order valence-electron chi connectivity index (χ0n) is 22.9. The Labute approximate surface area is 254 Å². The zero-order valence-corrected chi connectivity index (χ0v) is 26.0. The number of H-pyrrole nitrogens is 1. The molecule has 0 saturated carbocycles. The quantitative estimate of drug-likeness (QED) is 0.256. The van der Waals surface area contributed by atoms with Crippen molar-refractivity contribution in [2.45, 2.75) is 44.2 Å². The summed E-state index contributed by atoms with van der Waals surface area (Å²) >= 11 is 6.76. The van der Waals surface area contributed by atoms with Gasteiger partial charge < -0.3 is 25.8 Å². The molecule has 218 valence electrons. The largest absolute Gasteiger partial charge is 0.397 e. The van der Waals surface area contributed by atoms with E-state index in [1.165, 1.54) is 0 Å². The molecule has 2 aliphatic heterocycles. The Morgan fingerprint density at radius 2 is 1.66 bits per heavy atom. The normalized spacial score (nSPS) is 18.0. The number of nitrogen functional groups attached to an aromatic ring is 1. The Bertz CT molecular complexity index is 1500. The first-order valence-electron chi connectivity index (χ1n) is 13.9. The maximum atomic E-state index is 13.8. The average molecular weight is 690 g/mol. The summed E-state index contributed by atoms with van der Waals surface area (Å²) in [4.78, 5) is 60.0. The van der Waals surface area contributed by atoms with Gasteiger partial charge in [-0.25, -0.2) is 4.79 Å². The maximum absolute atomic E-state index is 13.8. The SMILES string of the molecule is CN1CCC(C(=O)NC(CC(=O)c2cc(Br)c(N)c(Br)c2)C(=O)N2CCC(n3c(=O)[nH]c4ccccc43)CC2)CC1. The van der Waals surface area contributed by atoms with E-state index in [2.05, 4.69) is 47.1 Å². The molecule has 10 nitrogen and oxygen atoms in total. The van der Waals surface area contributed by atoms with Gasteiger partial charge in [0.2, 0.25) is 11.8 Å². The lowest BCUT2D eigenvalue weighted by atomic mass is 9.94. The third-order valence-corrected chi connectivity index (χ3v) is 9.57. The maximum Gasteiger partial charge on any atom is 0.326 e. The summed E-state index contributed by atoms with van der Waals surface area (Å²) in [7, 11) is 2.02. The third kappa shape index (κ3) is 6.44. The van der Waals surface area contributed by atoms with Crippen LogP contribution in [0.25, 0.3) is 11.0 Å². The molecule has 3 aromatic rings. The van der Waals surface area contributed by atoms with Gasteiger partial charge in [-0.05, 0) is 102 Å². The smallest absolute Gasteiger partial charge is 0.326 e. The number of hydrogen-bond acceptors (Lipinski definition) is 6. The molecule has 1 aromatic heterocycles. The third-order valence-electron chi connectivity index (χ3n) is 8.26. The summed E-state index contributed by atoms with van der Waals surface area (Å²) in [6.45, 7) is 2.46. The standard InChI is InChI=1S/C29H34Br2N6O4/c1-35-10-6-17(7-11-35)27(39)33-23(16-25(38)18-14-20(30)26(32)21(31)15-18)28(40)36-12-8-19(9-13-36)37-24-5-3-2-4-22(24)34-29(37)41/h2-5,14-15,17,19,23H,6-13,16,32H2,1H3,(H,33,39)(H,34,41). The Morgan fingerprint density at radius 3 is 2.32 bits per heavy atom. The van der Waals surface area contributed by atoms with Crippen LogP contribution in [0.2, 0.25) is 0 Å². The number of piperidine rings is 2. The van der Waals surface area contributed by atoms with Gasteiger partial charge in [-0.2, -0.15) is 0 Å². The first-order valence-corrected chi connectivity index (χ1v) is 15.5. The van der Waals surface area contributed by atoms with Gasteiger partial charge in [0.05, 0.1) is 16.7 Å². The van der Waals surface area contributed by atoms with Crippen LogP contribution in [0, 0.1) is 5.92 Å². The van der Waals surface area contributed by atoms with Crippen molar-refractivity contribution < 1.29 is 14.4 Å². The molecular weight excluding hydrogens is 656 g/mol. The number of fused-ring (bicyclic) bond motifs is 1. The van der Waals surface area contributed by atoms with Crippen LogP contribution in [0.5, 0.6) is 0 Å². The number of imidazole rings is 1. The highest BCUT2D eigenvalue weighted by Gasteiger charge is 2.34. The summed E-state index contributed by atoms with van der Waals surface area (Å²) < 4.78 is 2.92. The van der Waals surface area contributed by atoms with Crippen LogP contribution >= 0.6 is 31.9 Å². The number of anilines is 1. The molecule has 1 unspecified atom stereocenters. The Hall–Kier alpha value is -2.96. The summed E-state index contributed by atoms with van der Waals surface area (Å²) in [6.07, 6.45) is 2.44. The number of amides is 2. The molecule has 3 heterocycles. The molecule has 0 bridgehead atoms. The van der Waals surface area contributed by atoms with Crippen molar-refractivity contribution in [1.29, 1.82) is 0 Å². The van der Waals surface area contributed by atoms with Crippen LogP contribution in [0.3, 0.4) is 0 Å². The van der Waals surface area contributed by atoms with E-state index < -0.39 is 6.04 Å². The molecule has 0 radical (unpaired) electrons. The van der Waals surface area contributed by atoms with Crippen LogP contribution in [-0.4, -0.2) is 76.2 Å². The highest BCUT2D eigenvalue weighted by atomic mass is 79.9. The predicted octanol–water partition coefficient (Wildman–Crippen LogP) is 3.70. The van der Waals surface area contributed by atoms with Crippen molar-refractivity contribution >= 4 is 66.2 Å². The average Bonchev–Trinajstić information content (AvgIpc) is 3.30. The highest BCUT2D eigenvalue weighted by molar-refractivity contribution is 9.11. The zero-order chi connectivity index (χ0) is 29.3. The van der Waals surface area contributed by atoms with Crippen molar-refractivity contribution in [2.75, 3.05) is 39.0 Å². The van der Waals surface area contributed by atoms with E-state index in [-0.39, 0.29) is 41.7 Å². The number of carbonyl (C=O) groups is 3. The van der Waals surface area contributed by atoms with E-state index >= 15 is 0 Å². The van der Waals surface area contributed by atoms with Crippen LogP contribution in [0.15, 0.2) is 50.1 Å². The number of rotatable bonds is 7. The summed E-state index contributed by atoms with van der Waals surface area (Å²) in [6, 6.07) is 9.79. The molecule has 12 heteroatoms. The lowest BCUT2D eigenvalue weighted by Gasteiger charge is -2.35. The summed E-state index contributed by atoms with van der Waals surface area (Å²) in [5.74, 6) is -0.938. The van der Waals surface area contributed by atoms with Gasteiger partial charge in [-0.1, -0.05) is 12.1 Å². The number of hydrogen-bond donors (Lipinski definition) is 3. The Kier molecular flexibility index (Phi) is 9.00. The molecular formula is C29H34Br2N6O4. The number of carbonyl (C=O) groups excluding carboxylic acids is 3. The van der Waals surface area contributed by atoms with Gasteiger partial charge in [0.15, 0.2) is 5.78 Å². The second-order valence-corrected chi connectivity index (χ2v) is 12.7. The second kappa shape index (κ2) is 12.5. The van der Waals surface area contributed by atoms with E-state index in [0.717, 1.165) is 24.1 Å². The number of aromatic amines is 1. The lowest BCUT2D eigenvalue weighted by Crippen LogP contribution is -2.53. The van der Waals surface area contributed by atoms with E-state index in [0.29, 0.717) is 59.0 Å². The molecule has 2 fully saturated rings. The van der Waals surface area contributed by atoms with Crippen molar-refractivity contribution in [3.63, 3.8) is 0 Å². The Morgan fingerprint density at radius 1 is 1.02 bits per heavy atom. The van der Waals surface area contributed by atoms with E-state index in [9.17, 15) is 19.2 Å². The van der Waals surface area contributed by atoms with Crippen LogP contribution in [-0.2, 0) is 9.59 Å². The number of aromatic nitrogens is 2. The fourth-order valence-electron chi connectivity index (χ4n) is 5.81. The van der Waals surface area contributed by atoms with Crippen molar-refractivity contribution in [3.8, 4) is 0 Å². The number of nitrogens with zero attached hydrogens (tertiary/aromatic N) is 3. The van der Waals surface area contributed by atoms with Gasteiger partial charge in [0.1, 0.15) is 6.04 Å². The van der Waals surface area contributed by atoms with Crippen LogP contribution in [0.4, 0.5) is 5.69 Å². The van der Waals surface area contributed by atoms with E-state index in [4.69, 9.17) is 5.73 Å². The van der Waals surface area contributed by atoms with Gasteiger partial charge in [0.25, 0.3) is 0 Å². The number of ketones is 1. The van der Waals surface area contributed by atoms with E-state index in [1.807, 2.05) is 31.3 Å². The topological polar surface area (TPSA) is 134 Å². The molecule has 2 saturated heterocycles. The minimum absolute atomic E-state index is 0.0546. The molecule has 0 spiro atoms. The predicted molar refractivity (Wildman–Crippen MR) is 165 cm³/mol. The van der Waals surface area contributed by atoms with Gasteiger partial charge in [-0.15, -0.1) is 0 Å². The fourth-order valence-corrected chi connectivity index (χ4v) is 7.00. The van der Waals surface area contributed by atoms with Gasteiger partial charge in [-0.3, -0.25) is 19.0 Å². The molecule has 41 heavy (non-hydrogen) atoms. The lowest BCUT2D eigenvalue weighted by molar-refractivity contribution is -0.138. The number of benzene rings is 2. The molecule has 1 atom stereocenters. The Balaban J connectivity index is 1.32. The number of Topliss-reactive ketones (excluding diaryl/α,β-unsaturated/α-hetero) is 1. The van der Waals surface area contributed by atoms with Gasteiger partial charge >= 0.3 is 5.69 Å². The summed E-state index contributed by atoms with van der Waals surface area (Å²) in [5, 5.41) is 2.93. The van der Waals surface area contributed by atoms with Crippen molar-refractivity contribution in [3.05, 3.63) is 61.4 Å². The number of halogens is 2. The van der Waals surface area contributed by atoms with Crippen LogP contribution in [0.1, 0.15) is 48.5 Å². The number of nitrogens with one attached hydrogen (secondary N) is 2. The first-order chi connectivity index (χ1) is 19.6. The molecule has 0 aliphatic carbocycles. The molecule has 2 aliphatic rings. The van der Waals surface area contributed by atoms with Crippen LogP contribution < -0.4 is 16.7 Å². The van der Waals surface area contributed by atoms with Crippen molar-refractivity contribution in [1.82, 2.24) is 24.7 Å². The van der Waals surface area contributed by atoms with Gasteiger partial charge in [0, 0.05) is 46.0 Å². The number of para-hydroxylation sites is 2.